The van der Waals surface area contributed by atoms with Gasteiger partial charge in [-0.1, -0.05) is 35.5 Å². The van der Waals surface area contributed by atoms with Crippen molar-refractivity contribution in [1.82, 2.24) is 4.90 Å². The topological polar surface area (TPSA) is 82.1 Å². The molecule has 7 heteroatoms. The molecule has 5 nitrogen and oxygen atoms in total. The first-order chi connectivity index (χ1) is 9.58. The molecule has 1 rings (SSSR count). The summed E-state index contributed by atoms with van der Waals surface area (Å²) in [7, 11) is 0. The average Bonchev–Trinajstić information content (AvgIpc) is 2.44. The SMILES string of the molecule is N/C(=N/O)C(CN(CCO)CC(F)F)c1ccccc1. The summed E-state index contributed by atoms with van der Waals surface area (Å²) in [5.41, 5.74) is 6.41. The van der Waals surface area contributed by atoms with Gasteiger partial charge in [0.1, 0.15) is 5.84 Å². The van der Waals surface area contributed by atoms with Crippen LogP contribution >= 0.6 is 0 Å². The van der Waals surface area contributed by atoms with E-state index in [2.05, 4.69) is 5.16 Å². The number of oxime groups is 1. The monoisotopic (exact) mass is 287 g/mol. The molecule has 0 aliphatic rings. The third-order valence-electron chi connectivity index (χ3n) is 2.93. The Balaban J connectivity index is 2.88. The van der Waals surface area contributed by atoms with Gasteiger partial charge >= 0.3 is 0 Å². The number of hydrogen-bond acceptors (Lipinski definition) is 4. The number of rotatable bonds is 8. The van der Waals surface area contributed by atoms with Crippen molar-refractivity contribution in [3.05, 3.63) is 35.9 Å². The Labute approximate surface area is 116 Å². The minimum atomic E-state index is -2.51. The summed E-state index contributed by atoms with van der Waals surface area (Å²) in [6.07, 6.45) is -2.51. The maximum absolute atomic E-state index is 12.5. The van der Waals surface area contributed by atoms with Crippen molar-refractivity contribution in [1.29, 1.82) is 0 Å². The van der Waals surface area contributed by atoms with Gasteiger partial charge in [-0.05, 0) is 5.56 Å². The molecule has 1 aromatic rings. The van der Waals surface area contributed by atoms with Crippen LogP contribution in [0.1, 0.15) is 11.5 Å². The Bertz CT molecular complexity index is 415. The fourth-order valence-corrected chi connectivity index (χ4v) is 1.98. The molecule has 0 radical (unpaired) electrons. The van der Waals surface area contributed by atoms with Crippen molar-refractivity contribution >= 4 is 5.84 Å². The minimum Gasteiger partial charge on any atom is -0.409 e. The van der Waals surface area contributed by atoms with E-state index in [-0.39, 0.29) is 25.5 Å². The van der Waals surface area contributed by atoms with Gasteiger partial charge in [0.2, 0.25) is 0 Å². The number of nitrogens with two attached hydrogens (primary N) is 1. The zero-order valence-corrected chi connectivity index (χ0v) is 11.0. The summed E-state index contributed by atoms with van der Waals surface area (Å²) in [4.78, 5) is 1.39. The molecule has 0 aromatic heterocycles. The van der Waals surface area contributed by atoms with Gasteiger partial charge < -0.3 is 16.0 Å². The smallest absolute Gasteiger partial charge is 0.251 e. The number of alkyl halides is 2. The number of aliphatic hydroxyl groups excluding tert-OH is 1. The van der Waals surface area contributed by atoms with E-state index in [9.17, 15) is 8.78 Å². The van der Waals surface area contributed by atoms with E-state index in [1.807, 2.05) is 6.07 Å². The van der Waals surface area contributed by atoms with Crippen molar-refractivity contribution in [3.8, 4) is 0 Å². The molecule has 0 heterocycles. The number of amidine groups is 1. The molecule has 0 aliphatic carbocycles. The first-order valence-corrected chi connectivity index (χ1v) is 6.22. The van der Waals surface area contributed by atoms with Crippen molar-refractivity contribution < 1.29 is 19.1 Å². The Morgan fingerprint density at radius 1 is 1.25 bits per heavy atom. The number of halogens is 2. The lowest BCUT2D eigenvalue weighted by atomic mass is 9.97. The van der Waals surface area contributed by atoms with Crippen LogP contribution in [0.4, 0.5) is 8.78 Å². The highest BCUT2D eigenvalue weighted by Gasteiger charge is 2.22. The number of benzene rings is 1. The molecule has 1 unspecified atom stereocenters. The Morgan fingerprint density at radius 2 is 1.90 bits per heavy atom. The number of aliphatic hydroxyl groups is 1. The van der Waals surface area contributed by atoms with Gasteiger partial charge in [0.05, 0.1) is 19.1 Å². The predicted molar refractivity (Wildman–Crippen MR) is 72.1 cm³/mol. The third kappa shape index (κ3) is 5.10. The molecule has 4 N–H and O–H groups in total. The maximum atomic E-state index is 12.5. The zero-order valence-electron chi connectivity index (χ0n) is 11.0. The zero-order chi connectivity index (χ0) is 15.0. The molecule has 1 aromatic carbocycles. The highest BCUT2D eigenvalue weighted by Crippen LogP contribution is 2.18. The normalized spacial score (nSPS) is 13.9. The standard InChI is InChI=1S/C13H19F2N3O2/c14-12(15)9-18(6-7-19)8-11(13(16)17-20)10-4-2-1-3-5-10/h1-5,11-12,19-20H,6-9H2,(H2,16,17). The van der Waals surface area contributed by atoms with Crippen LogP contribution in [-0.4, -0.2) is 53.7 Å². The van der Waals surface area contributed by atoms with Crippen LogP contribution in [-0.2, 0) is 0 Å². The van der Waals surface area contributed by atoms with Crippen molar-refractivity contribution in [2.75, 3.05) is 26.2 Å². The van der Waals surface area contributed by atoms with E-state index in [0.29, 0.717) is 0 Å². The van der Waals surface area contributed by atoms with Crippen LogP contribution in [0.25, 0.3) is 0 Å². The van der Waals surface area contributed by atoms with Crippen molar-refractivity contribution in [3.63, 3.8) is 0 Å². The van der Waals surface area contributed by atoms with Crippen LogP contribution in [0, 0.1) is 0 Å². The van der Waals surface area contributed by atoms with Gasteiger partial charge in [0.15, 0.2) is 0 Å². The lowest BCUT2D eigenvalue weighted by molar-refractivity contribution is 0.0776. The first-order valence-electron chi connectivity index (χ1n) is 6.22. The second kappa shape index (κ2) is 8.44. The number of hydrogen-bond donors (Lipinski definition) is 3. The van der Waals surface area contributed by atoms with E-state index >= 15 is 0 Å². The Hall–Kier alpha value is -1.73. The molecule has 1 atom stereocenters. The molecule has 0 fully saturated rings. The summed E-state index contributed by atoms with van der Waals surface area (Å²) in [5.74, 6) is -0.556. The average molecular weight is 287 g/mol. The molecule has 0 amide bonds. The fraction of sp³-hybridized carbons (Fsp3) is 0.462. The Kier molecular flexibility index (Phi) is 6.89. The van der Waals surface area contributed by atoms with Crippen LogP contribution < -0.4 is 5.73 Å². The molecule has 0 spiro atoms. The van der Waals surface area contributed by atoms with Crippen LogP contribution in [0.2, 0.25) is 0 Å². The van der Waals surface area contributed by atoms with E-state index in [1.54, 1.807) is 24.3 Å². The van der Waals surface area contributed by atoms with Gasteiger partial charge in [-0.25, -0.2) is 8.78 Å². The molecule has 0 saturated carbocycles. The second-order valence-electron chi connectivity index (χ2n) is 4.36. The van der Waals surface area contributed by atoms with Crippen LogP contribution in [0.15, 0.2) is 35.5 Å². The molecular formula is C13H19F2N3O2. The highest BCUT2D eigenvalue weighted by atomic mass is 19.3. The fourth-order valence-electron chi connectivity index (χ4n) is 1.98. The lowest BCUT2D eigenvalue weighted by Gasteiger charge is -2.26. The van der Waals surface area contributed by atoms with Gasteiger partial charge in [0, 0.05) is 13.1 Å². The van der Waals surface area contributed by atoms with Gasteiger partial charge in [0.25, 0.3) is 6.43 Å². The van der Waals surface area contributed by atoms with Gasteiger partial charge in [-0.3, -0.25) is 4.90 Å². The third-order valence-corrected chi connectivity index (χ3v) is 2.93. The summed E-state index contributed by atoms with van der Waals surface area (Å²) in [6, 6.07) is 8.95. The molecule has 112 valence electrons. The van der Waals surface area contributed by atoms with E-state index in [1.165, 1.54) is 4.90 Å². The quantitative estimate of drug-likeness (QED) is 0.289. The maximum Gasteiger partial charge on any atom is 0.251 e. The number of nitrogens with zero attached hydrogens (tertiary/aromatic N) is 2. The van der Waals surface area contributed by atoms with Crippen LogP contribution in [0.3, 0.4) is 0 Å². The summed E-state index contributed by atoms with van der Waals surface area (Å²) >= 11 is 0. The predicted octanol–water partition coefficient (Wildman–Crippen LogP) is 1.08. The molecule has 20 heavy (non-hydrogen) atoms. The minimum absolute atomic E-state index is 0.0478. The van der Waals surface area contributed by atoms with E-state index in [4.69, 9.17) is 16.0 Å². The molecular weight excluding hydrogens is 268 g/mol. The summed E-state index contributed by atoms with van der Waals surface area (Å²) in [5, 5.41) is 20.7. The molecule has 0 saturated heterocycles. The van der Waals surface area contributed by atoms with Gasteiger partial charge in [-0.2, -0.15) is 0 Å². The van der Waals surface area contributed by atoms with Gasteiger partial charge in [-0.15, -0.1) is 0 Å². The molecule has 0 bridgehead atoms. The van der Waals surface area contributed by atoms with E-state index in [0.717, 1.165) is 5.56 Å². The molecule has 0 aliphatic heterocycles. The summed E-state index contributed by atoms with van der Waals surface area (Å²) in [6.45, 7) is -0.454. The summed E-state index contributed by atoms with van der Waals surface area (Å²) < 4.78 is 25.0. The van der Waals surface area contributed by atoms with E-state index < -0.39 is 18.9 Å². The van der Waals surface area contributed by atoms with Crippen molar-refractivity contribution in [2.24, 2.45) is 10.9 Å². The first kappa shape index (κ1) is 16.3. The van der Waals surface area contributed by atoms with Crippen molar-refractivity contribution in [2.45, 2.75) is 12.3 Å². The Morgan fingerprint density at radius 3 is 2.40 bits per heavy atom. The second-order valence-corrected chi connectivity index (χ2v) is 4.36. The van der Waals surface area contributed by atoms with Crippen LogP contribution in [0.5, 0.6) is 0 Å². The highest BCUT2D eigenvalue weighted by molar-refractivity contribution is 5.87. The largest absolute Gasteiger partial charge is 0.409 e. The lowest BCUT2D eigenvalue weighted by Crippen LogP contribution is -2.39.